The van der Waals surface area contributed by atoms with Gasteiger partial charge in [-0.05, 0) is 48.2 Å². The van der Waals surface area contributed by atoms with E-state index >= 15 is 0 Å². The summed E-state index contributed by atoms with van der Waals surface area (Å²) in [6.45, 7) is 4.47. The summed E-state index contributed by atoms with van der Waals surface area (Å²) in [6.07, 6.45) is 1.16. The summed E-state index contributed by atoms with van der Waals surface area (Å²) in [6, 6.07) is 9.76. The minimum Gasteiger partial charge on any atom is -0.461 e. The van der Waals surface area contributed by atoms with Gasteiger partial charge in [0, 0.05) is 45.9 Å². The average molecular weight is 498 g/mol. The van der Waals surface area contributed by atoms with Crippen molar-refractivity contribution < 1.29 is 23.8 Å². The van der Waals surface area contributed by atoms with E-state index in [0.29, 0.717) is 35.7 Å². The van der Waals surface area contributed by atoms with Gasteiger partial charge in [-0.1, -0.05) is 19.1 Å². The van der Waals surface area contributed by atoms with Crippen molar-refractivity contribution in [2.75, 3.05) is 24.9 Å². The van der Waals surface area contributed by atoms with E-state index in [4.69, 9.17) is 14.2 Å². The molecule has 2 aliphatic heterocycles. The lowest BCUT2D eigenvalue weighted by atomic mass is 9.72. The summed E-state index contributed by atoms with van der Waals surface area (Å²) in [7, 11) is 0. The quantitative estimate of drug-likeness (QED) is 0.420. The minimum atomic E-state index is -0.506. The lowest BCUT2D eigenvalue weighted by molar-refractivity contribution is -0.138. The normalized spacial score (nSPS) is 21.4. The molecule has 2 atom stereocenters. The highest BCUT2D eigenvalue weighted by atomic mass is 32.2. The Bertz CT molecular complexity index is 1170. The highest BCUT2D eigenvalue weighted by Gasteiger charge is 2.42. The van der Waals surface area contributed by atoms with E-state index in [2.05, 4.69) is 18.3 Å². The molecule has 0 spiro atoms. The second-order valence-electron chi connectivity index (χ2n) is 8.48. The van der Waals surface area contributed by atoms with Gasteiger partial charge in [0.1, 0.15) is 6.61 Å². The van der Waals surface area contributed by atoms with Crippen LogP contribution in [0.4, 0.5) is 0 Å². The number of dihydropyridines is 1. The molecule has 2 aromatic rings. The Morgan fingerprint density at radius 2 is 2.09 bits per heavy atom. The lowest BCUT2D eigenvalue weighted by Gasteiger charge is -2.36. The van der Waals surface area contributed by atoms with Crippen molar-refractivity contribution in [1.29, 1.82) is 0 Å². The van der Waals surface area contributed by atoms with E-state index in [0.717, 1.165) is 34.9 Å². The van der Waals surface area contributed by atoms with Crippen molar-refractivity contribution in [3.8, 4) is 11.5 Å². The van der Waals surface area contributed by atoms with Crippen molar-refractivity contribution in [3.05, 3.63) is 68.7 Å². The van der Waals surface area contributed by atoms with Gasteiger partial charge in [0.15, 0.2) is 17.3 Å². The zero-order chi connectivity index (χ0) is 23.7. The number of thiophene rings is 1. The molecule has 0 fully saturated rings. The van der Waals surface area contributed by atoms with Crippen LogP contribution in [0, 0.1) is 0 Å². The van der Waals surface area contributed by atoms with E-state index in [1.165, 1.54) is 4.88 Å². The molecule has 34 heavy (non-hydrogen) atoms. The van der Waals surface area contributed by atoms with Gasteiger partial charge in [-0.3, -0.25) is 4.79 Å². The summed E-state index contributed by atoms with van der Waals surface area (Å²) in [5.74, 6) is 2.32. The van der Waals surface area contributed by atoms with Gasteiger partial charge in [0.2, 0.25) is 6.79 Å². The Morgan fingerprint density at radius 1 is 1.24 bits per heavy atom. The number of carbonyl (C=O) groups is 2. The molecule has 5 rings (SSSR count). The van der Waals surface area contributed by atoms with Gasteiger partial charge in [0.25, 0.3) is 0 Å². The molecule has 0 unspecified atom stereocenters. The van der Waals surface area contributed by atoms with Crippen molar-refractivity contribution in [2.45, 2.75) is 38.5 Å². The Hall–Kier alpha value is -2.71. The maximum absolute atomic E-state index is 13.6. The number of Topliss-reactive ketones (excluding diaryl/α,β-unsaturated/α-hetero) is 1. The van der Waals surface area contributed by atoms with E-state index < -0.39 is 5.92 Å². The maximum Gasteiger partial charge on any atom is 0.336 e. The molecule has 0 saturated heterocycles. The number of esters is 1. The lowest BCUT2D eigenvalue weighted by Crippen LogP contribution is -2.36. The van der Waals surface area contributed by atoms with Crippen molar-refractivity contribution in [2.24, 2.45) is 0 Å². The fourth-order valence-corrected chi connectivity index (χ4v) is 6.20. The number of allylic oxidation sites excluding steroid dienone is 3. The molecular weight excluding hydrogens is 470 g/mol. The highest BCUT2D eigenvalue weighted by Crippen LogP contribution is 2.47. The second kappa shape index (κ2) is 9.88. The number of nitrogens with one attached hydrogen (secondary N) is 1. The molecule has 3 heterocycles. The number of ether oxygens (including phenoxy) is 3. The molecule has 0 bridgehead atoms. The summed E-state index contributed by atoms with van der Waals surface area (Å²) < 4.78 is 16.7. The topological polar surface area (TPSA) is 73.9 Å². The molecule has 0 saturated carbocycles. The van der Waals surface area contributed by atoms with E-state index in [9.17, 15) is 9.59 Å². The monoisotopic (exact) mass is 497 g/mol. The molecule has 178 valence electrons. The molecule has 8 heteroatoms. The molecule has 0 radical (unpaired) electrons. The zero-order valence-electron chi connectivity index (χ0n) is 19.2. The summed E-state index contributed by atoms with van der Waals surface area (Å²) >= 11 is 3.40. The second-order valence-corrected chi connectivity index (χ2v) is 10.9. The molecule has 1 aromatic carbocycles. The molecule has 1 aromatic heterocycles. The average Bonchev–Trinajstić information content (AvgIpc) is 3.52. The van der Waals surface area contributed by atoms with Crippen LogP contribution in [0.1, 0.15) is 49.0 Å². The van der Waals surface area contributed by atoms with E-state index in [1.807, 2.05) is 36.6 Å². The summed E-state index contributed by atoms with van der Waals surface area (Å²) in [4.78, 5) is 28.1. The van der Waals surface area contributed by atoms with Gasteiger partial charge in [0.05, 0.1) is 5.57 Å². The molecule has 6 nitrogen and oxygen atoms in total. The Labute approximate surface area is 207 Å². The Balaban J connectivity index is 1.53. The minimum absolute atomic E-state index is 0.0640. The van der Waals surface area contributed by atoms with Crippen LogP contribution >= 0.6 is 23.1 Å². The summed E-state index contributed by atoms with van der Waals surface area (Å²) in [5, 5.41) is 5.45. The third-order valence-electron chi connectivity index (χ3n) is 6.39. The van der Waals surface area contributed by atoms with Gasteiger partial charge in [-0.2, -0.15) is 11.8 Å². The standard InChI is InChI=1S/C26H27NO5S2/c1-3-33-10-8-30-26(29)23-15(2)27-18-11-17(22-5-4-9-34-22)12-19(28)25(18)24(23)16-6-7-20-21(13-16)32-14-31-20/h4-7,9,13,17,24,27H,3,8,10-12,14H2,1-2H3/t17-,24+/m0/s1. The van der Waals surface area contributed by atoms with Crippen molar-refractivity contribution >= 4 is 34.9 Å². The van der Waals surface area contributed by atoms with E-state index in [-0.39, 0.29) is 24.5 Å². The smallest absolute Gasteiger partial charge is 0.336 e. The predicted molar refractivity (Wildman–Crippen MR) is 133 cm³/mol. The number of thioether (sulfide) groups is 1. The summed E-state index contributed by atoms with van der Waals surface area (Å²) in [5.41, 5.74) is 3.60. The van der Waals surface area contributed by atoms with Crippen LogP contribution in [0.3, 0.4) is 0 Å². The molecular formula is C26H27NO5S2. The van der Waals surface area contributed by atoms with Crippen LogP contribution in [0.15, 0.2) is 58.3 Å². The first-order valence-electron chi connectivity index (χ1n) is 11.5. The van der Waals surface area contributed by atoms with E-state index in [1.54, 1.807) is 23.1 Å². The first-order chi connectivity index (χ1) is 16.6. The molecule has 1 N–H and O–H groups in total. The van der Waals surface area contributed by atoms with Crippen LogP contribution in [0.2, 0.25) is 0 Å². The van der Waals surface area contributed by atoms with Gasteiger partial charge in [-0.25, -0.2) is 4.79 Å². The number of hydrogen-bond acceptors (Lipinski definition) is 8. The highest BCUT2D eigenvalue weighted by molar-refractivity contribution is 7.99. The van der Waals surface area contributed by atoms with Crippen LogP contribution in [-0.2, 0) is 14.3 Å². The van der Waals surface area contributed by atoms with Crippen molar-refractivity contribution in [1.82, 2.24) is 5.32 Å². The number of fused-ring (bicyclic) bond motifs is 1. The first kappa shape index (κ1) is 23.1. The van der Waals surface area contributed by atoms with Crippen LogP contribution in [0.5, 0.6) is 11.5 Å². The molecule has 1 aliphatic carbocycles. The zero-order valence-corrected chi connectivity index (χ0v) is 20.9. The molecule has 0 amide bonds. The third-order valence-corrected chi connectivity index (χ3v) is 8.29. The number of ketones is 1. The maximum atomic E-state index is 13.6. The Kier molecular flexibility index (Phi) is 6.70. The SMILES string of the molecule is CCSCCOC(=O)C1=C(C)NC2=C(C(=O)C[C@@H](c3cccs3)C2)[C@@H]1c1ccc2c(c1)OCO2. The van der Waals surface area contributed by atoms with Crippen LogP contribution in [-0.4, -0.2) is 36.7 Å². The van der Waals surface area contributed by atoms with Crippen LogP contribution < -0.4 is 14.8 Å². The fourth-order valence-electron chi connectivity index (χ4n) is 4.88. The number of carbonyl (C=O) groups excluding carboxylic acids is 2. The third kappa shape index (κ3) is 4.36. The first-order valence-corrected chi connectivity index (χ1v) is 13.5. The fraction of sp³-hybridized carbons (Fsp3) is 0.385. The van der Waals surface area contributed by atoms with Gasteiger partial charge < -0.3 is 19.5 Å². The number of hydrogen-bond donors (Lipinski definition) is 1. The molecule has 3 aliphatic rings. The van der Waals surface area contributed by atoms with Crippen LogP contribution in [0.25, 0.3) is 0 Å². The number of benzene rings is 1. The number of rotatable bonds is 7. The van der Waals surface area contributed by atoms with Gasteiger partial charge >= 0.3 is 5.97 Å². The van der Waals surface area contributed by atoms with Gasteiger partial charge in [-0.15, -0.1) is 11.3 Å². The largest absolute Gasteiger partial charge is 0.461 e. The Morgan fingerprint density at radius 3 is 2.88 bits per heavy atom. The predicted octanol–water partition coefficient (Wildman–Crippen LogP) is 5.13. The van der Waals surface area contributed by atoms with Crippen molar-refractivity contribution in [3.63, 3.8) is 0 Å².